The number of nitrogens with zero attached hydrogens (tertiary/aromatic N) is 2. The van der Waals surface area contributed by atoms with E-state index in [0.717, 1.165) is 5.56 Å². The number of benzene rings is 1. The van der Waals surface area contributed by atoms with Crippen molar-refractivity contribution in [3.63, 3.8) is 0 Å². The summed E-state index contributed by atoms with van der Waals surface area (Å²) in [6.07, 6.45) is 0.376. The third-order valence-corrected chi connectivity index (χ3v) is 3.40. The molecular formula is C13H14N2O5. The number of rotatable bonds is 3. The molecule has 1 N–H and O–H groups in total. The van der Waals surface area contributed by atoms with Crippen LogP contribution in [0.5, 0.6) is 0 Å². The molecule has 1 atom stereocenters. The quantitative estimate of drug-likeness (QED) is 0.666. The van der Waals surface area contributed by atoms with Crippen LogP contribution >= 0.6 is 0 Å². The Labute approximate surface area is 115 Å². The third kappa shape index (κ3) is 2.61. The fourth-order valence-corrected chi connectivity index (χ4v) is 2.30. The summed E-state index contributed by atoms with van der Waals surface area (Å²) in [6, 6.07) is 4.33. The lowest BCUT2D eigenvalue weighted by molar-refractivity contribution is -0.385. The number of likely N-dealkylation sites (tertiary alicyclic amines) is 1. The molecule has 7 heteroatoms. The topological polar surface area (TPSA) is 101 Å². The van der Waals surface area contributed by atoms with Crippen molar-refractivity contribution in [3.8, 4) is 0 Å². The summed E-state index contributed by atoms with van der Waals surface area (Å²) < 4.78 is 0. The van der Waals surface area contributed by atoms with Gasteiger partial charge in [-0.1, -0.05) is 6.07 Å². The maximum absolute atomic E-state index is 12.3. The second kappa shape index (κ2) is 5.28. The average Bonchev–Trinajstić information content (AvgIpc) is 2.87. The molecular weight excluding hydrogens is 264 g/mol. The molecule has 7 nitrogen and oxygen atoms in total. The van der Waals surface area contributed by atoms with Gasteiger partial charge in [-0.2, -0.15) is 0 Å². The number of nitro benzene ring substituents is 1. The Kier molecular flexibility index (Phi) is 3.69. The van der Waals surface area contributed by atoms with Crippen LogP contribution in [0.1, 0.15) is 22.3 Å². The van der Waals surface area contributed by atoms with Gasteiger partial charge in [0.15, 0.2) is 0 Å². The van der Waals surface area contributed by atoms with Crippen LogP contribution in [-0.2, 0) is 4.79 Å². The lowest BCUT2D eigenvalue weighted by Gasteiger charge is -2.16. The van der Waals surface area contributed by atoms with Gasteiger partial charge in [0.25, 0.3) is 11.6 Å². The summed E-state index contributed by atoms with van der Waals surface area (Å²) in [6.45, 7) is 2.14. The largest absolute Gasteiger partial charge is 0.481 e. The number of nitro groups is 1. The van der Waals surface area contributed by atoms with Gasteiger partial charge in [0.1, 0.15) is 5.56 Å². The summed E-state index contributed by atoms with van der Waals surface area (Å²) in [5, 5.41) is 19.9. The zero-order valence-electron chi connectivity index (χ0n) is 10.9. The van der Waals surface area contributed by atoms with E-state index in [-0.39, 0.29) is 17.8 Å². The minimum absolute atomic E-state index is 0.0149. The lowest BCUT2D eigenvalue weighted by atomic mass is 10.1. The Bertz CT molecular complexity index is 584. The van der Waals surface area contributed by atoms with E-state index in [2.05, 4.69) is 0 Å². The van der Waals surface area contributed by atoms with Crippen molar-refractivity contribution in [3.05, 3.63) is 39.4 Å². The van der Waals surface area contributed by atoms with E-state index in [1.807, 2.05) is 0 Å². The van der Waals surface area contributed by atoms with Gasteiger partial charge >= 0.3 is 5.97 Å². The Morgan fingerprint density at radius 2 is 2.15 bits per heavy atom. The summed E-state index contributed by atoms with van der Waals surface area (Å²) in [5.74, 6) is -2.02. The monoisotopic (exact) mass is 278 g/mol. The van der Waals surface area contributed by atoms with Crippen molar-refractivity contribution >= 4 is 17.6 Å². The highest BCUT2D eigenvalue weighted by molar-refractivity contribution is 5.98. The van der Waals surface area contributed by atoms with E-state index in [4.69, 9.17) is 5.11 Å². The fraction of sp³-hybridized carbons (Fsp3) is 0.385. The molecule has 1 heterocycles. The second-order valence-corrected chi connectivity index (χ2v) is 4.85. The fourth-order valence-electron chi connectivity index (χ4n) is 2.30. The normalized spacial score (nSPS) is 18.1. The molecule has 0 aliphatic carbocycles. The first-order valence-corrected chi connectivity index (χ1v) is 6.17. The number of carbonyl (C=O) groups is 2. The molecule has 20 heavy (non-hydrogen) atoms. The third-order valence-electron chi connectivity index (χ3n) is 3.40. The molecule has 0 aromatic heterocycles. The molecule has 0 spiro atoms. The Morgan fingerprint density at radius 3 is 2.70 bits per heavy atom. The number of aryl methyl sites for hydroxylation is 1. The maximum Gasteiger partial charge on any atom is 0.308 e. The zero-order chi connectivity index (χ0) is 14.9. The van der Waals surface area contributed by atoms with Gasteiger partial charge in [0.2, 0.25) is 0 Å². The van der Waals surface area contributed by atoms with Crippen LogP contribution < -0.4 is 0 Å². The lowest BCUT2D eigenvalue weighted by Crippen LogP contribution is -2.30. The summed E-state index contributed by atoms with van der Waals surface area (Å²) >= 11 is 0. The van der Waals surface area contributed by atoms with E-state index in [0.29, 0.717) is 13.0 Å². The molecule has 0 bridgehead atoms. The van der Waals surface area contributed by atoms with Crippen molar-refractivity contribution in [2.75, 3.05) is 13.1 Å². The zero-order valence-corrected chi connectivity index (χ0v) is 10.9. The highest BCUT2D eigenvalue weighted by Crippen LogP contribution is 2.25. The minimum atomic E-state index is -0.945. The van der Waals surface area contributed by atoms with E-state index in [1.165, 1.54) is 17.0 Å². The van der Waals surface area contributed by atoms with Crippen LogP contribution in [-0.4, -0.2) is 39.9 Å². The molecule has 1 aliphatic heterocycles. The molecule has 1 aromatic carbocycles. The van der Waals surface area contributed by atoms with Crippen LogP contribution in [0, 0.1) is 23.0 Å². The molecule has 1 saturated heterocycles. The molecule has 0 saturated carbocycles. The smallest absolute Gasteiger partial charge is 0.308 e. The van der Waals surface area contributed by atoms with Crippen LogP contribution in [0.25, 0.3) is 0 Å². The first-order chi connectivity index (χ1) is 9.40. The molecule has 1 fully saturated rings. The highest BCUT2D eigenvalue weighted by Gasteiger charge is 2.33. The van der Waals surface area contributed by atoms with Crippen molar-refractivity contribution < 1.29 is 19.6 Å². The minimum Gasteiger partial charge on any atom is -0.481 e. The number of carboxylic acid groups (broad SMARTS) is 1. The Morgan fingerprint density at radius 1 is 1.45 bits per heavy atom. The van der Waals surface area contributed by atoms with Gasteiger partial charge in [-0.15, -0.1) is 0 Å². The summed E-state index contributed by atoms with van der Waals surface area (Å²) in [7, 11) is 0. The number of hydrogen-bond donors (Lipinski definition) is 1. The number of carboxylic acids is 1. The van der Waals surface area contributed by atoms with Crippen LogP contribution in [0.2, 0.25) is 0 Å². The first kappa shape index (κ1) is 14.0. The SMILES string of the molecule is Cc1ccc([N+](=O)[O-])c(C(=O)N2CCC(C(=O)O)C2)c1. The van der Waals surface area contributed by atoms with Gasteiger partial charge in [-0.05, 0) is 25.0 Å². The molecule has 1 aromatic rings. The van der Waals surface area contributed by atoms with E-state index in [9.17, 15) is 19.7 Å². The van der Waals surface area contributed by atoms with Gasteiger partial charge in [0, 0.05) is 19.2 Å². The molecule has 1 aliphatic rings. The van der Waals surface area contributed by atoms with E-state index in [1.54, 1.807) is 13.0 Å². The van der Waals surface area contributed by atoms with E-state index < -0.39 is 22.7 Å². The number of aliphatic carboxylic acids is 1. The predicted molar refractivity (Wildman–Crippen MR) is 69.5 cm³/mol. The number of amides is 1. The maximum atomic E-state index is 12.3. The van der Waals surface area contributed by atoms with Crippen LogP contribution in [0.15, 0.2) is 18.2 Å². The van der Waals surface area contributed by atoms with Crippen molar-refractivity contribution in [1.29, 1.82) is 0 Å². The molecule has 1 unspecified atom stereocenters. The highest BCUT2D eigenvalue weighted by atomic mass is 16.6. The van der Waals surface area contributed by atoms with Gasteiger partial charge in [-0.3, -0.25) is 19.7 Å². The van der Waals surface area contributed by atoms with Crippen LogP contribution in [0.3, 0.4) is 0 Å². The van der Waals surface area contributed by atoms with E-state index >= 15 is 0 Å². The van der Waals surface area contributed by atoms with Crippen molar-refractivity contribution in [1.82, 2.24) is 4.90 Å². The van der Waals surface area contributed by atoms with Crippen molar-refractivity contribution in [2.24, 2.45) is 5.92 Å². The van der Waals surface area contributed by atoms with Crippen molar-refractivity contribution in [2.45, 2.75) is 13.3 Å². The number of hydrogen-bond acceptors (Lipinski definition) is 4. The standard InChI is InChI=1S/C13H14N2O5/c1-8-2-3-11(15(19)20)10(6-8)12(16)14-5-4-9(7-14)13(17)18/h2-3,6,9H,4-5,7H2,1H3,(H,17,18). The van der Waals surface area contributed by atoms with Gasteiger partial charge in [-0.25, -0.2) is 0 Å². The molecule has 2 rings (SSSR count). The predicted octanol–water partition coefficient (Wildman–Crippen LogP) is 1.45. The molecule has 106 valence electrons. The average molecular weight is 278 g/mol. The first-order valence-electron chi connectivity index (χ1n) is 6.17. The second-order valence-electron chi connectivity index (χ2n) is 4.85. The van der Waals surface area contributed by atoms with Gasteiger partial charge in [0.05, 0.1) is 10.8 Å². The molecule has 0 radical (unpaired) electrons. The summed E-state index contributed by atoms with van der Waals surface area (Å²) in [4.78, 5) is 34.9. The Hall–Kier alpha value is -2.44. The van der Waals surface area contributed by atoms with Crippen LogP contribution in [0.4, 0.5) is 5.69 Å². The summed E-state index contributed by atoms with van der Waals surface area (Å²) in [5.41, 5.74) is 0.508. The number of carbonyl (C=O) groups excluding carboxylic acids is 1. The molecule has 1 amide bonds. The van der Waals surface area contributed by atoms with Gasteiger partial charge < -0.3 is 10.0 Å². The Balaban J connectivity index is 2.28.